The van der Waals surface area contributed by atoms with Gasteiger partial charge in [-0.25, -0.2) is 0 Å². The number of Topliss-reactive ketones (excluding diaryl/α,β-unsaturated/α-hetero) is 1. The Bertz CT molecular complexity index is 1450. The third-order valence-corrected chi connectivity index (χ3v) is 6.54. The summed E-state index contributed by atoms with van der Waals surface area (Å²) in [4.78, 5) is 12.1. The zero-order chi connectivity index (χ0) is 27.1. The largest absolute Gasteiger partial charge is 0.507 e. The maximum atomic E-state index is 12.1. The molecule has 0 unspecified atom stereocenters. The number of ketones is 1. The van der Waals surface area contributed by atoms with Gasteiger partial charge in [-0.2, -0.15) is 0 Å². The highest BCUT2D eigenvalue weighted by Gasteiger charge is 2.32. The molecule has 0 aliphatic carbocycles. The van der Waals surface area contributed by atoms with Gasteiger partial charge in [0.15, 0.2) is 5.78 Å². The molecule has 0 radical (unpaired) electrons. The summed E-state index contributed by atoms with van der Waals surface area (Å²) in [5.74, 6) is -2.35. The van der Waals surface area contributed by atoms with E-state index < -0.39 is 28.6 Å². The quantitative estimate of drug-likeness (QED) is 0.271. The van der Waals surface area contributed by atoms with Crippen LogP contribution in [0.25, 0.3) is 12.2 Å². The van der Waals surface area contributed by atoms with Crippen LogP contribution in [0.2, 0.25) is 0 Å². The SMILES string of the molecule is CC(=O)c1c(O)c(C)c(O)c(Cc2c(O)c3c(c(C/C=C/c4ccccc4)c2O)OC(C)(C)C=C3)c1O. The van der Waals surface area contributed by atoms with E-state index in [0.717, 1.165) is 5.56 Å². The van der Waals surface area contributed by atoms with Crippen molar-refractivity contribution >= 4 is 17.9 Å². The van der Waals surface area contributed by atoms with Gasteiger partial charge in [-0.3, -0.25) is 4.79 Å². The molecule has 7 nitrogen and oxygen atoms in total. The highest BCUT2D eigenvalue weighted by atomic mass is 16.5. The molecule has 0 amide bonds. The molecule has 0 atom stereocenters. The molecule has 0 saturated heterocycles. The maximum absolute atomic E-state index is 12.1. The highest BCUT2D eigenvalue weighted by Crippen LogP contribution is 2.50. The summed E-state index contributed by atoms with van der Waals surface area (Å²) in [6.45, 7) is 6.31. The van der Waals surface area contributed by atoms with Gasteiger partial charge in [0.05, 0.1) is 5.56 Å². The molecule has 1 aliphatic rings. The topological polar surface area (TPSA) is 127 Å². The van der Waals surface area contributed by atoms with Crippen LogP contribution in [-0.2, 0) is 12.8 Å². The van der Waals surface area contributed by atoms with Crippen LogP contribution in [0.5, 0.6) is 34.5 Å². The van der Waals surface area contributed by atoms with Crippen LogP contribution in [0.3, 0.4) is 0 Å². The Hall–Kier alpha value is -4.39. The van der Waals surface area contributed by atoms with Crippen LogP contribution >= 0.6 is 0 Å². The summed E-state index contributed by atoms with van der Waals surface area (Å²) in [5, 5.41) is 54.3. The van der Waals surface area contributed by atoms with E-state index in [2.05, 4.69) is 0 Å². The van der Waals surface area contributed by atoms with Crippen LogP contribution in [0.4, 0.5) is 0 Å². The summed E-state index contributed by atoms with van der Waals surface area (Å²) in [5.41, 5.74) is 0.696. The Kier molecular flexibility index (Phi) is 6.65. The van der Waals surface area contributed by atoms with Gasteiger partial charge in [0.2, 0.25) is 0 Å². The Morgan fingerprint density at radius 3 is 2.19 bits per heavy atom. The first-order chi connectivity index (χ1) is 17.4. The van der Waals surface area contributed by atoms with Crippen LogP contribution in [-0.4, -0.2) is 36.9 Å². The van der Waals surface area contributed by atoms with Crippen molar-refractivity contribution in [3.05, 3.63) is 81.4 Å². The molecule has 1 heterocycles. The minimum absolute atomic E-state index is 0.00550. The number of carbonyl (C=O) groups is 1. The minimum atomic E-state index is -0.674. The van der Waals surface area contributed by atoms with Gasteiger partial charge in [0.1, 0.15) is 45.7 Å². The zero-order valence-corrected chi connectivity index (χ0v) is 21.2. The molecule has 3 aromatic carbocycles. The molecule has 0 saturated carbocycles. The number of rotatable bonds is 6. The zero-order valence-electron chi connectivity index (χ0n) is 21.2. The van der Waals surface area contributed by atoms with Gasteiger partial charge in [-0.15, -0.1) is 0 Å². The standard InChI is InChI=1S/C30H30O7/c1-16-24(32)21(28(36)23(17(2)31)25(16)33)15-22-26(34)19(12-8-11-18-9-6-5-7-10-18)29-20(27(22)35)13-14-30(3,4)37-29/h5-11,13-14,32-36H,12,15H2,1-4H3/b11-8+. The number of phenols is 5. The molecule has 4 rings (SSSR count). The van der Waals surface area contributed by atoms with E-state index in [1.165, 1.54) is 13.8 Å². The lowest BCUT2D eigenvalue weighted by Crippen LogP contribution is -2.28. The molecule has 0 fully saturated rings. The van der Waals surface area contributed by atoms with Gasteiger partial charge >= 0.3 is 0 Å². The van der Waals surface area contributed by atoms with E-state index in [9.17, 15) is 30.3 Å². The van der Waals surface area contributed by atoms with Crippen molar-refractivity contribution in [3.63, 3.8) is 0 Å². The van der Waals surface area contributed by atoms with Crippen molar-refractivity contribution in [3.8, 4) is 34.5 Å². The first-order valence-corrected chi connectivity index (χ1v) is 11.9. The number of fused-ring (bicyclic) bond motifs is 1. The van der Waals surface area contributed by atoms with Crippen LogP contribution in [0.1, 0.15) is 64.5 Å². The van der Waals surface area contributed by atoms with Crippen molar-refractivity contribution in [2.45, 2.75) is 46.1 Å². The molecule has 37 heavy (non-hydrogen) atoms. The monoisotopic (exact) mass is 502 g/mol. The van der Waals surface area contributed by atoms with Gasteiger partial charge in [-0.05, 0) is 51.8 Å². The lowest BCUT2D eigenvalue weighted by atomic mass is 9.89. The third-order valence-electron chi connectivity index (χ3n) is 6.54. The van der Waals surface area contributed by atoms with Crippen LogP contribution < -0.4 is 4.74 Å². The van der Waals surface area contributed by atoms with E-state index in [0.29, 0.717) is 16.9 Å². The summed E-state index contributed by atoms with van der Waals surface area (Å²) in [6, 6.07) is 9.65. The second-order valence-electron chi connectivity index (χ2n) is 9.71. The molecule has 0 aromatic heterocycles. The van der Waals surface area contributed by atoms with Gasteiger partial charge in [0.25, 0.3) is 0 Å². The van der Waals surface area contributed by atoms with Gasteiger partial charge in [0, 0.05) is 28.7 Å². The van der Waals surface area contributed by atoms with Gasteiger partial charge in [-0.1, -0.05) is 42.5 Å². The second kappa shape index (κ2) is 9.58. The number of carbonyl (C=O) groups excluding carboxylic acids is 1. The minimum Gasteiger partial charge on any atom is -0.507 e. The summed E-state index contributed by atoms with van der Waals surface area (Å²) in [7, 11) is 0. The Balaban J connectivity index is 1.88. The number of aromatic hydroxyl groups is 5. The van der Waals surface area contributed by atoms with Crippen LogP contribution in [0.15, 0.2) is 42.5 Å². The van der Waals surface area contributed by atoms with E-state index in [1.54, 1.807) is 12.2 Å². The number of hydrogen-bond acceptors (Lipinski definition) is 7. The predicted molar refractivity (Wildman–Crippen MR) is 142 cm³/mol. The van der Waals surface area contributed by atoms with E-state index >= 15 is 0 Å². The van der Waals surface area contributed by atoms with Crippen molar-refractivity contribution in [1.82, 2.24) is 0 Å². The van der Waals surface area contributed by atoms with Crippen molar-refractivity contribution in [2.75, 3.05) is 0 Å². The summed E-state index contributed by atoms with van der Waals surface area (Å²) in [6.07, 6.45) is 7.23. The third kappa shape index (κ3) is 4.72. The fraction of sp³-hybridized carbons (Fsp3) is 0.233. The van der Waals surface area contributed by atoms with Crippen molar-refractivity contribution < 1.29 is 35.1 Å². The Morgan fingerprint density at radius 2 is 1.54 bits per heavy atom. The van der Waals surface area contributed by atoms with E-state index in [4.69, 9.17) is 4.74 Å². The molecular weight excluding hydrogens is 472 g/mol. The first-order valence-electron chi connectivity index (χ1n) is 11.9. The molecule has 0 bridgehead atoms. The number of ether oxygens (including phenoxy) is 1. The smallest absolute Gasteiger partial charge is 0.167 e. The Labute approximate surface area is 215 Å². The number of hydrogen-bond donors (Lipinski definition) is 5. The molecule has 5 N–H and O–H groups in total. The maximum Gasteiger partial charge on any atom is 0.167 e. The van der Waals surface area contributed by atoms with Crippen molar-refractivity contribution in [1.29, 1.82) is 0 Å². The number of allylic oxidation sites excluding steroid dienone is 1. The average Bonchev–Trinajstić information content (AvgIpc) is 2.84. The van der Waals surface area contributed by atoms with E-state index in [-0.39, 0.29) is 46.6 Å². The molecule has 1 aliphatic heterocycles. The number of benzene rings is 3. The fourth-order valence-electron chi connectivity index (χ4n) is 4.50. The molecule has 0 spiro atoms. The summed E-state index contributed by atoms with van der Waals surface area (Å²) < 4.78 is 6.14. The van der Waals surface area contributed by atoms with Gasteiger partial charge < -0.3 is 30.3 Å². The molecule has 192 valence electrons. The molecular formula is C30H30O7. The lowest BCUT2D eigenvalue weighted by Gasteiger charge is -2.31. The van der Waals surface area contributed by atoms with E-state index in [1.807, 2.05) is 56.3 Å². The summed E-state index contributed by atoms with van der Waals surface area (Å²) >= 11 is 0. The average molecular weight is 503 g/mol. The highest BCUT2D eigenvalue weighted by molar-refractivity contribution is 6.01. The normalized spacial score (nSPS) is 13.9. The Morgan fingerprint density at radius 1 is 0.892 bits per heavy atom. The first kappa shape index (κ1) is 25.7. The predicted octanol–water partition coefficient (Wildman–Crippen LogP) is 5.76. The van der Waals surface area contributed by atoms with Crippen LogP contribution in [0, 0.1) is 6.92 Å². The fourth-order valence-corrected chi connectivity index (χ4v) is 4.50. The lowest BCUT2D eigenvalue weighted by molar-refractivity contribution is 0.101. The van der Waals surface area contributed by atoms with Crippen molar-refractivity contribution in [2.24, 2.45) is 0 Å². The molecule has 7 heteroatoms. The molecule has 3 aromatic rings. The number of phenolic OH excluding ortho intramolecular Hbond substituents is 5. The second-order valence-corrected chi connectivity index (χ2v) is 9.71.